The monoisotopic (exact) mass is 367 g/mol. The van der Waals surface area contributed by atoms with E-state index in [4.69, 9.17) is 4.74 Å². The van der Waals surface area contributed by atoms with E-state index in [2.05, 4.69) is 5.32 Å². The van der Waals surface area contributed by atoms with Crippen molar-refractivity contribution >= 4 is 27.6 Å². The molecule has 2 unspecified atom stereocenters. The molecule has 0 aliphatic heterocycles. The van der Waals surface area contributed by atoms with Gasteiger partial charge in [-0.2, -0.15) is 0 Å². The fourth-order valence-corrected chi connectivity index (χ4v) is 3.15. The van der Waals surface area contributed by atoms with E-state index in [1.165, 1.54) is 0 Å². The van der Waals surface area contributed by atoms with Crippen molar-refractivity contribution in [3.05, 3.63) is 60.2 Å². The molecule has 0 bridgehead atoms. The van der Waals surface area contributed by atoms with Crippen LogP contribution in [0.3, 0.4) is 0 Å². The summed E-state index contributed by atoms with van der Waals surface area (Å²) in [6, 6.07) is 17.6. The van der Waals surface area contributed by atoms with Crippen LogP contribution in [0.15, 0.2) is 54.6 Å². The zero-order chi connectivity index (χ0) is 19.6. The van der Waals surface area contributed by atoms with Crippen molar-refractivity contribution in [1.82, 2.24) is 5.32 Å². The topological polar surface area (TPSA) is 78.8 Å². The normalized spacial score (nSPS) is 14.1. The summed E-state index contributed by atoms with van der Waals surface area (Å²) in [5, 5.41) is 27.6. The number of aliphatic hydroxyl groups excluding tert-OH is 2. The molecule has 0 aromatic heterocycles. The predicted molar refractivity (Wildman–Crippen MR) is 107 cm³/mol. The number of ether oxygens (including phenoxy) is 1. The van der Waals surface area contributed by atoms with E-state index in [0.29, 0.717) is 5.56 Å². The number of benzene rings is 3. The fraction of sp³-hybridized carbons (Fsp3) is 0.318. The van der Waals surface area contributed by atoms with Crippen LogP contribution in [-0.4, -0.2) is 34.6 Å². The number of fused-ring (bicyclic) bond motifs is 3. The van der Waals surface area contributed by atoms with Crippen LogP contribution in [0.5, 0.6) is 0 Å². The molecule has 3 aromatic rings. The third kappa shape index (κ3) is 4.38. The Morgan fingerprint density at radius 1 is 1.00 bits per heavy atom. The van der Waals surface area contributed by atoms with Gasteiger partial charge in [0.05, 0.1) is 0 Å². The van der Waals surface area contributed by atoms with Gasteiger partial charge < -0.3 is 20.3 Å². The molecule has 2 atom stereocenters. The molecule has 3 rings (SSSR count). The average Bonchev–Trinajstić information content (AvgIpc) is 2.63. The number of carbonyl (C=O) groups is 1. The Kier molecular flexibility index (Phi) is 5.35. The van der Waals surface area contributed by atoms with Gasteiger partial charge in [-0.05, 0) is 53.9 Å². The van der Waals surface area contributed by atoms with E-state index in [-0.39, 0.29) is 6.54 Å². The lowest BCUT2D eigenvalue weighted by Gasteiger charge is -2.23. The highest BCUT2D eigenvalue weighted by Gasteiger charge is 2.23. The summed E-state index contributed by atoms with van der Waals surface area (Å²) in [5.74, 6) is 0. The second kappa shape index (κ2) is 7.55. The Morgan fingerprint density at radius 2 is 1.59 bits per heavy atom. The van der Waals surface area contributed by atoms with Crippen LogP contribution in [0, 0.1) is 0 Å². The van der Waals surface area contributed by atoms with Crippen molar-refractivity contribution in [3.63, 3.8) is 0 Å². The predicted octanol–water partition coefficient (Wildman–Crippen LogP) is 3.91. The lowest BCUT2D eigenvalue weighted by Crippen LogP contribution is -2.38. The first-order valence-corrected chi connectivity index (χ1v) is 8.99. The van der Waals surface area contributed by atoms with Gasteiger partial charge >= 0.3 is 6.09 Å². The smallest absolute Gasteiger partial charge is 0.407 e. The SMILES string of the molecule is CC(C)(C)OC(=O)NCC(O)C(O)c1cc2ccccc2c2ccccc12. The zero-order valence-corrected chi connectivity index (χ0v) is 15.8. The molecule has 3 N–H and O–H groups in total. The van der Waals surface area contributed by atoms with Crippen LogP contribution in [-0.2, 0) is 4.74 Å². The van der Waals surface area contributed by atoms with Gasteiger partial charge in [0.15, 0.2) is 0 Å². The van der Waals surface area contributed by atoms with Crippen LogP contribution < -0.4 is 5.32 Å². The molecule has 5 heteroatoms. The fourth-order valence-electron chi connectivity index (χ4n) is 3.15. The third-order valence-corrected chi connectivity index (χ3v) is 4.34. The van der Waals surface area contributed by atoms with Gasteiger partial charge in [-0.15, -0.1) is 0 Å². The van der Waals surface area contributed by atoms with Gasteiger partial charge in [-0.1, -0.05) is 48.5 Å². The van der Waals surface area contributed by atoms with Gasteiger partial charge in [0.1, 0.15) is 17.8 Å². The second-order valence-corrected chi connectivity index (χ2v) is 7.63. The highest BCUT2D eigenvalue weighted by molar-refractivity contribution is 6.09. The molecule has 0 saturated carbocycles. The van der Waals surface area contributed by atoms with E-state index in [1.807, 2.05) is 54.6 Å². The number of alkyl carbamates (subject to hydrolysis) is 1. The molecule has 1 amide bonds. The maximum absolute atomic E-state index is 11.8. The Bertz CT molecular complexity index is 961. The minimum atomic E-state index is -1.16. The molecule has 0 aliphatic rings. The van der Waals surface area contributed by atoms with E-state index < -0.39 is 23.9 Å². The third-order valence-electron chi connectivity index (χ3n) is 4.34. The number of rotatable bonds is 4. The number of carbonyl (C=O) groups excluding carboxylic acids is 1. The van der Waals surface area contributed by atoms with Gasteiger partial charge in [-0.25, -0.2) is 4.79 Å². The van der Waals surface area contributed by atoms with Gasteiger partial charge in [0.2, 0.25) is 0 Å². The van der Waals surface area contributed by atoms with Crippen LogP contribution >= 0.6 is 0 Å². The molecule has 27 heavy (non-hydrogen) atoms. The summed E-state index contributed by atoms with van der Waals surface area (Å²) in [5.41, 5.74) is 0.00476. The molecule has 0 saturated heterocycles. The van der Waals surface area contributed by atoms with Gasteiger partial charge in [0, 0.05) is 6.54 Å². The van der Waals surface area contributed by atoms with Crippen molar-refractivity contribution < 1.29 is 19.7 Å². The van der Waals surface area contributed by atoms with E-state index in [9.17, 15) is 15.0 Å². The van der Waals surface area contributed by atoms with Crippen molar-refractivity contribution in [3.8, 4) is 0 Å². The molecular formula is C22H25NO4. The first-order valence-electron chi connectivity index (χ1n) is 8.99. The molecule has 0 radical (unpaired) electrons. The van der Waals surface area contributed by atoms with Crippen molar-refractivity contribution in [1.29, 1.82) is 0 Å². The van der Waals surface area contributed by atoms with Gasteiger partial charge in [-0.3, -0.25) is 0 Å². The van der Waals surface area contributed by atoms with Crippen molar-refractivity contribution in [2.75, 3.05) is 6.54 Å². The Morgan fingerprint density at radius 3 is 2.26 bits per heavy atom. The van der Waals surface area contributed by atoms with E-state index in [1.54, 1.807) is 20.8 Å². The standard InChI is InChI=1S/C22H25NO4/c1-22(2,3)27-21(26)23-13-19(24)20(25)18-12-14-8-4-5-9-15(14)16-10-6-7-11-17(16)18/h4-12,19-20,24-25H,13H2,1-3H3,(H,23,26). The molecule has 0 fully saturated rings. The summed E-state index contributed by atoms with van der Waals surface area (Å²) >= 11 is 0. The summed E-state index contributed by atoms with van der Waals surface area (Å²) in [4.78, 5) is 11.8. The van der Waals surface area contributed by atoms with Crippen LogP contribution in [0.2, 0.25) is 0 Å². The summed E-state index contributed by atoms with van der Waals surface area (Å²) in [6.45, 7) is 5.18. The van der Waals surface area contributed by atoms with Crippen LogP contribution in [0.4, 0.5) is 4.79 Å². The molecule has 142 valence electrons. The van der Waals surface area contributed by atoms with Gasteiger partial charge in [0.25, 0.3) is 0 Å². The summed E-state index contributed by atoms with van der Waals surface area (Å²) < 4.78 is 5.16. The average molecular weight is 367 g/mol. The largest absolute Gasteiger partial charge is 0.444 e. The first-order chi connectivity index (χ1) is 12.8. The number of nitrogens with one attached hydrogen (secondary N) is 1. The van der Waals surface area contributed by atoms with E-state index in [0.717, 1.165) is 21.5 Å². The first kappa shape index (κ1) is 19.1. The number of aliphatic hydroxyl groups is 2. The van der Waals surface area contributed by atoms with E-state index >= 15 is 0 Å². The van der Waals surface area contributed by atoms with Crippen LogP contribution in [0.25, 0.3) is 21.5 Å². The Labute approximate surface area is 158 Å². The highest BCUT2D eigenvalue weighted by atomic mass is 16.6. The Hall–Kier alpha value is -2.63. The second-order valence-electron chi connectivity index (χ2n) is 7.63. The summed E-state index contributed by atoms with van der Waals surface area (Å²) in [7, 11) is 0. The molecule has 5 nitrogen and oxygen atoms in total. The highest BCUT2D eigenvalue weighted by Crippen LogP contribution is 2.33. The quantitative estimate of drug-likeness (QED) is 0.611. The molecule has 0 heterocycles. The minimum Gasteiger partial charge on any atom is -0.444 e. The van der Waals surface area contributed by atoms with Crippen molar-refractivity contribution in [2.45, 2.75) is 38.6 Å². The van der Waals surface area contributed by atoms with Crippen LogP contribution in [0.1, 0.15) is 32.4 Å². The maximum Gasteiger partial charge on any atom is 0.407 e. The lowest BCUT2D eigenvalue weighted by molar-refractivity contribution is 0.0137. The van der Waals surface area contributed by atoms with Crippen molar-refractivity contribution in [2.24, 2.45) is 0 Å². The minimum absolute atomic E-state index is 0.114. The summed E-state index contributed by atoms with van der Waals surface area (Å²) in [6.07, 6.45) is -2.94. The molecular weight excluding hydrogens is 342 g/mol. The molecule has 3 aromatic carbocycles. The molecule has 0 aliphatic carbocycles. The number of hydrogen-bond acceptors (Lipinski definition) is 4. The Balaban J connectivity index is 1.86. The maximum atomic E-state index is 11.8. The zero-order valence-electron chi connectivity index (χ0n) is 15.8. The lowest BCUT2D eigenvalue weighted by atomic mass is 9.92. The molecule has 0 spiro atoms. The number of amides is 1. The number of hydrogen-bond donors (Lipinski definition) is 3.